The van der Waals surface area contributed by atoms with Crippen LogP contribution in [0.2, 0.25) is 0 Å². The minimum absolute atomic E-state index is 0.00671. The predicted molar refractivity (Wildman–Crippen MR) is 91.9 cm³/mol. The van der Waals surface area contributed by atoms with Crippen LogP contribution >= 0.6 is 11.3 Å². The van der Waals surface area contributed by atoms with Crippen molar-refractivity contribution in [3.63, 3.8) is 0 Å². The molecule has 8 heteroatoms. The molecule has 1 saturated carbocycles. The van der Waals surface area contributed by atoms with Crippen molar-refractivity contribution in [1.29, 1.82) is 0 Å². The molecule has 0 radical (unpaired) electrons. The molecule has 3 rings (SSSR count). The summed E-state index contributed by atoms with van der Waals surface area (Å²) in [5.74, 6) is -0.205. The lowest BCUT2D eigenvalue weighted by molar-refractivity contribution is -0.384. The van der Waals surface area contributed by atoms with Gasteiger partial charge in [0.05, 0.1) is 4.92 Å². The van der Waals surface area contributed by atoms with Gasteiger partial charge in [-0.3, -0.25) is 14.9 Å². The Kier molecular flexibility index (Phi) is 4.86. The van der Waals surface area contributed by atoms with Crippen molar-refractivity contribution in [3.8, 4) is 10.6 Å². The van der Waals surface area contributed by atoms with Gasteiger partial charge in [-0.1, -0.05) is 12.1 Å². The average molecular weight is 346 g/mol. The van der Waals surface area contributed by atoms with Crippen molar-refractivity contribution in [1.82, 2.24) is 10.3 Å². The maximum absolute atomic E-state index is 12.3. The number of hydrogen-bond acceptors (Lipinski definition) is 6. The second kappa shape index (κ2) is 7.06. The molecular formula is C16H18N4O3S. The summed E-state index contributed by atoms with van der Waals surface area (Å²) >= 11 is 1.30. The second-order valence-corrected chi connectivity index (χ2v) is 6.79. The Bertz CT molecular complexity index is 753. The number of aromatic nitrogens is 1. The number of carbonyl (C=O) groups is 1. The predicted octanol–water partition coefficient (Wildman–Crippen LogP) is 2.72. The quantitative estimate of drug-likeness (QED) is 0.653. The maximum Gasteiger partial charge on any atom is 0.270 e. The molecule has 0 unspecified atom stereocenters. The van der Waals surface area contributed by atoms with Gasteiger partial charge in [0.25, 0.3) is 11.6 Å². The van der Waals surface area contributed by atoms with Crippen molar-refractivity contribution >= 4 is 22.9 Å². The summed E-state index contributed by atoms with van der Waals surface area (Å²) in [5, 5.41) is 16.1. The molecule has 1 aromatic carbocycles. The second-order valence-electron chi connectivity index (χ2n) is 5.93. The van der Waals surface area contributed by atoms with Crippen LogP contribution in [0.1, 0.15) is 36.2 Å². The van der Waals surface area contributed by atoms with E-state index in [9.17, 15) is 14.9 Å². The first-order chi connectivity index (χ1) is 11.5. The lowest BCUT2D eigenvalue weighted by atomic mass is 9.92. The highest BCUT2D eigenvalue weighted by Crippen LogP contribution is 2.27. The highest BCUT2D eigenvalue weighted by atomic mass is 32.1. The summed E-state index contributed by atoms with van der Waals surface area (Å²) in [6.45, 7) is 0. The third kappa shape index (κ3) is 3.77. The monoisotopic (exact) mass is 346 g/mol. The molecular weight excluding hydrogens is 328 g/mol. The molecule has 0 bridgehead atoms. The van der Waals surface area contributed by atoms with E-state index in [0.29, 0.717) is 16.3 Å². The van der Waals surface area contributed by atoms with Crippen LogP contribution in [0.3, 0.4) is 0 Å². The first-order valence-corrected chi connectivity index (χ1v) is 8.67. The van der Waals surface area contributed by atoms with Gasteiger partial charge < -0.3 is 11.1 Å². The molecule has 0 saturated heterocycles. The fourth-order valence-corrected chi connectivity index (χ4v) is 3.58. The van der Waals surface area contributed by atoms with E-state index < -0.39 is 4.92 Å². The van der Waals surface area contributed by atoms with E-state index in [1.165, 1.54) is 23.5 Å². The number of benzene rings is 1. The summed E-state index contributed by atoms with van der Waals surface area (Å²) in [6.07, 6.45) is 3.60. The molecule has 1 heterocycles. The van der Waals surface area contributed by atoms with Gasteiger partial charge in [0, 0.05) is 35.2 Å². The van der Waals surface area contributed by atoms with Crippen LogP contribution in [0.4, 0.5) is 5.69 Å². The molecule has 126 valence electrons. The standard InChI is InChI=1S/C16H18N4O3S/c17-11-4-6-12(7-5-11)18-15(21)14-9-24-16(19-14)10-2-1-3-13(8-10)20(22)23/h1-3,8-9,11-12H,4-7,17H2,(H,18,21). The van der Waals surface area contributed by atoms with Crippen LogP contribution in [0.5, 0.6) is 0 Å². The van der Waals surface area contributed by atoms with Gasteiger partial charge in [-0.05, 0) is 25.7 Å². The number of hydrogen-bond donors (Lipinski definition) is 2. The van der Waals surface area contributed by atoms with E-state index in [2.05, 4.69) is 10.3 Å². The molecule has 7 nitrogen and oxygen atoms in total. The number of non-ortho nitro benzene ring substituents is 1. The van der Waals surface area contributed by atoms with Crippen LogP contribution < -0.4 is 11.1 Å². The van der Waals surface area contributed by atoms with Crippen molar-refractivity contribution in [2.24, 2.45) is 5.73 Å². The zero-order valence-electron chi connectivity index (χ0n) is 13.0. The van der Waals surface area contributed by atoms with Crippen molar-refractivity contribution in [2.75, 3.05) is 0 Å². The Labute approximate surface area is 143 Å². The number of nitrogens with zero attached hydrogens (tertiary/aromatic N) is 2. The maximum atomic E-state index is 12.3. The van der Waals surface area contributed by atoms with Crippen LogP contribution in [0, 0.1) is 10.1 Å². The highest BCUT2D eigenvalue weighted by molar-refractivity contribution is 7.13. The Hall–Kier alpha value is -2.32. The molecule has 0 aliphatic heterocycles. The molecule has 0 spiro atoms. The third-order valence-electron chi connectivity index (χ3n) is 4.15. The van der Waals surface area contributed by atoms with Crippen molar-refractivity contribution < 1.29 is 9.72 Å². The Morgan fingerprint density at radius 3 is 2.79 bits per heavy atom. The van der Waals surface area contributed by atoms with Gasteiger partial charge in [0.2, 0.25) is 0 Å². The smallest absolute Gasteiger partial charge is 0.270 e. The lowest BCUT2D eigenvalue weighted by Crippen LogP contribution is -2.40. The Balaban J connectivity index is 1.70. The number of rotatable bonds is 4. The number of nitro groups is 1. The summed E-state index contributed by atoms with van der Waals surface area (Å²) in [7, 11) is 0. The number of nitro benzene ring substituents is 1. The normalized spacial score (nSPS) is 20.5. The fourth-order valence-electron chi connectivity index (χ4n) is 2.79. The third-order valence-corrected chi connectivity index (χ3v) is 5.04. The summed E-state index contributed by atoms with van der Waals surface area (Å²) in [6, 6.07) is 6.62. The SMILES string of the molecule is NC1CCC(NC(=O)c2csc(-c3cccc([N+](=O)[O-])c3)n2)CC1. The number of carbonyl (C=O) groups excluding carboxylic acids is 1. The molecule has 3 N–H and O–H groups in total. The van der Waals surface area contributed by atoms with Gasteiger partial charge in [0.1, 0.15) is 10.7 Å². The van der Waals surface area contributed by atoms with Gasteiger partial charge in [-0.2, -0.15) is 0 Å². The van der Waals surface area contributed by atoms with E-state index >= 15 is 0 Å². The fraction of sp³-hybridized carbons (Fsp3) is 0.375. The van der Waals surface area contributed by atoms with E-state index in [1.54, 1.807) is 17.5 Å². The molecule has 2 aromatic rings. The van der Waals surface area contributed by atoms with Crippen LogP contribution in [0.15, 0.2) is 29.6 Å². The van der Waals surface area contributed by atoms with Crippen LogP contribution in [-0.4, -0.2) is 27.9 Å². The number of thiazole rings is 1. The number of nitrogens with one attached hydrogen (secondary N) is 1. The van der Waals surface area contributed by atoms with E-state index in [1.807, 2.05) is 0 Å². The van der Waals surface area contributed by atoms with E-state index in [0.717, 1.165) is 25.7 Å². The highest BCUT2D eigenvalue weighted by Gasteiger charge is 2.22. The number of nitrogens with two attached hydrogens (primary N) is 1. The van der Waals surface area contributed by atoms with Crippen LogP contribution in [0.25, 0.3) is 10.6 Å². The first kappa shape index (κ1) is 16.5. The Morgan fingerprint density at radius 1 is 1.33 bits per heavy atom. The molecule has 1 amide bonds. The van der Waals surface area contributed by atoms with Gasteiger partial charge in [-0.25, -0.2) is 4.98 Å². The van der Waals surface area contributed by atoms with E-state index in [4.69, 9.17) is 5.73 Å². The average Bonchev–Trinajstić information content (AvgIpc) is 3.07. The first-order valence-electron chi connectivity index (χ1n) is 7.79. The molecule has 0 atom stereocenters. The van der Waals surface area contributed by atoms with Gasteiger partial charge >= 0.3 is 0 Å². The topological polar surface area (TPSA) is 111 Å². The lowest BCUT2D eigenvalue weighted by Gasteiger charge is -2.26. The molecule has 1 aliphatic rings. The zero-order valence-corrected chi connectivity index (χ0v) is 13.8. The van der Waals surface area contributed by atoms with E-state index in [-0.39, 0.29) is 23.7 Å². The van der Waals surface area contributed by atoms with Gasteiger partial charge in [-0.15, -0.1) is 11.3 Å². The largest absolute Gasteiger partial charge is 0.348 e. The van der Waals surface area contributed by atoms with Gasteiger partial charge in [0.15, 0.2) is 0 Å². The minimum Gasteiger partial charge on any atom is -0.348 e. The summed E-state index contributed by atoms with van der Waals surface area (Å²) < 4.78 is 0. The minimum atomic E-state index is -0.446. The summed E-state index contributed by atoms with van der Waals surface area (Å²) in [4.78, 5) is 27.0. The van der Waals surface area contributed by atoms with Crippen LogP contribution in [-0.2, 0) is 0 Å². The summed E-state index contributed by atoms with van der Waals surface area (Å²) in [5.41, 5.74) is 6.86. The Morgan fingerprint density at radius 2 is 2.08 bits per heavy atom. The zero-order chi connectivity index (χ0) is 17.1. The molecule has 24 heavy (non-hydrogen) atoms. The van der Waals surface area contributed by atoms with Crippen molar-refractivity contribution in [3.05, 3.63) is 45.5 Å². The molecule has 1 aliphatic carbocycles. The van der Waals surface area contributed by atoms with Crippen molar-refractivity contribution in [2.45, 2.75) is 37.8 Å². The molecule has 1 aromatic heterocycles. The number of amides is 1. The molecule has 1 fully saturated rings.